The smallest absolute Gasteiger partial charge is 0.251 e. The summed E-state index contributed by atoms with van der Waals surface area (Å²) >= 11 is 0. The molecule has 0 spiro atoms. The van der Waals surface area contributed by atoms with Gasteiger partial charge in [0.2, 0.25) is 15.9 Å². The molecule has 8 heteroatoms. The van der Waals surface area contributed by atoms with Gasteiger partial charge in [-0.15, -0.1) is 0 Å². The lowest BCUT2D eigenvalue weighted by Gasteiger charge is -2.09. The van der Waals surface area contributed by atoms with Crippen molar-refractivity contribution in [3.8, 4) is 0 Å². The van der Waals surface area contributed by atoms with Crippen molar-refractivity contribution < 1.29 is 17.6 Å². The van der Waals surface area contributed by atoms with Gasteiger partial charge in [0.05, 0.1) is 17.1 Å². The highest BCUT2D eigenvalue weighted by Crippen LogP contribution is 2.13. The van der Waals surface area contributed by atoms with E-state index in [9.17, 15) is 13.2 Å². The van der Waals surface area contributed by atoms with Crippen LogP contribution in [-0.2, 0) is 23.1 Å². The molecule has 1 heterocycles. The molecule has 0 unspecified atom stereocenters. The Morgan fingerprint density at radius 1 is 1.04 bits per heavy atom. The van der Waals surface area contributed by atoms with Gasteiger partial charge in [0.25, 0.3) is 5.91 Å². The van der Waals surface area contributed by atoms with Crippen LogP contribution in [0.2, 0.25) is 0 Å². The van der Waals surface area contributed by atoms with E-state index in [1.165, 1.54) is 18.2 Å². The Hall–Kier alpha value is -2.97. The summed E-state index contributed by atoms with van der Waals surface area (Å²) in [4.78, 5) is 16.6. The van der Waals surface area contributed by atoms with E-state index in [0.29, 0.717) is 11.7 Å². The molecule has 0 saturated heterocycles. The zero-order valence-corrected chi connectivity index (χ0v) is 16.4. The van der Waals surface area contributed by atoms with Crippen LogP contribution < -0.4 is 10.0 Å². The number of hydrogen-bond donors (Lipinski definition) is 2. The second-order valence-electron chi connectivity index (χ2n) is 6.27. The zero-order valence-electron chi connectivity index (χ0n) is 15.6. The van der Waals surface area contributed by atoms with Crippen molar-refractivity contribution in [3.63, 3.8) is 0 Å². The number of nitrogens with zero attached hydrogens (tertiary/aromatic N) is 1. The van der Waals surface area contributed by atoms with Crippen molar-refractivity contribution in [1.29, 1.82) is 0 Å². The topological polar surface area (TPSA) is 101 Å². The minimum atomic E-state index is -3.74. The molecule has 0 radical (unpaired) electrons. The van der Waals surface area contributed by atoms with Crippen LogP contribution in [0.1, 0.15) is 33.3 Å². The van der Waals surface area contributed by atoms with Crippen LogP contribution in [0.15, 0.2) is 63.9 Å². The molecule has 0 fully saturated rings. The molecular formula is C20H21N3O4S. The molecule has 3 rings (SSSR count). The monoisotopic (exact) mass is 399 g/mol. The van der Waals surface area contributed by atoms with E-state index < -0.39 is 15.9 Å². The van der Waals surface area contributed by atoms with Crippen molar-refractivity contribution in [1.82, 2.24) is 15.0 Å². The minimum absolute atomic E-state index is 0.0268. The highest BCUT2D eigenvalue weighted by Gasteiger charge is 2.16. The molecule has 7 nitrogen and oxygen atoms in total. The molecular weight excluding hydrogens is 378 g/mol. The SMILES string of the molecule is Cc1nc(CNC(=O)c2cccc(S(=O)(=O)NCc3ccccc3)c2)oc1C. The molecule has 3 aromatic rings. The maximum absolute atomic E-state index is 12.5. The third-order valence-corrected chi connectivity index (χ3v) is 5.59. The first-order valence-corrected chi connectivity index (χ1v) is 10.2. The second-order valence-corrected chi connectivity index (χ2v) is 8.04. The van der Waals surface area contributed by atoms with Crippen LogP contribution >= 0.6 is 0 Å². The van der Waals surface area contributed by atoms with Gasteiger partial charge >= 0.3 is 0 Å². The highest BCUT2D eigenvalue weighted by molar-refractivity contribution is 7.89. The minimum Gasteiger partial charge on any atom is -0.444 e. The largest absolute Gasteiger partial charge is 0.444 e. The fourth-order valence-electron chi connectivity index (χ4n) is 2.53. The molecule has 146 valence electrons. The molecule has 2 aromatic carbocycles. The number of rotatable bonds is 7. The first kappa shape index (κ1) is 19.8. The average molecular weight is 399 g/mol. The third-order valence-electron chi connectivity index (χ3n) is 4.19. The van der Waals surface area contributed by atoms with Crippen LogP contribution in [0.3, 0.4) is 0 Å². The second kappa shape index (κ2) is 8.37. The summed E-state index contributed by atoms with van der Waals surface area (Å²) in [5, 5.41) is 2.68. The van der Waals surface area contributed by atoms with Gasteiger partial charge in [0, 0.05) is 12.1 Å². The van der Waals surface area contributed by atoms with Crippen molar-refractivity contribution in [2.45, 2.75) is 31.8 Å². The third kappa shape index (κ3) is 4.85. The Labute approximate surface area is 163 Å². The molecule has 0 atom stereocenters. The fraction of sp³-hybridized carbons (Fsp3) is 0.200. The van der Waals surface area contributed by atoms with Gasteiger partial charge in [-0.2, -0.15) is 0 Å². The van der Waals surface area contributed by atoms with Gasteiger partial charge in [-0.05, 0) is 37.6 Å². The lowest BCUT2D eigenvalue weighted by molar-refractivity contribution is 0.0947. The Balaban J connectivity index is 1.67. The fourth-order valence-corrected chi connectivity index (χ4v) is 3.60. The molecule has 0 aliphatic carbocycles. The van der Waals surface area contributed by atoms with Crippen molar-refractivity contribution in [2.75, 3.05) is 0 Å². The molecule has 28 heavy (non-hydrogen) atoms. The van der Waals surface area contributed by atoms with Crippen molar-refractivity contribution in [2.24, 2.45) is 0 Å². The molecule has 0 aliphatic heterocycles. The van der Waals surface area contributed by atoms with Crippen molar-refractivity contribution >= 4 is 15.9 Å². The maximum Gasteiger partial charge on any atom is 0.251 e. The summed E-state index contributed by atoms with van der Waals surface area (Å²) < 4.78 is 33.0. The summed E-state index contributed by atoms with van der Waals surface area (Å²) in [6, 6.07) is 15.1. The Kier molecular flexibility index (Phi) is 5.91. The van der Waals surface area contributed by atoms with Crippen LogP contribution in [-0.4, -0.2) is 19.3 Å². The van der Waals surface area contributed by atoms with Gasteiger partial charge in [-0.3, -0.25) is 4.79 Å². The number of oxazole rings is 1. The number of sulfonamides is 1. The first-order valence-electron chi connectivity index (χ1n) is 8.70. The maximum atomic E-state index is 12.5. The number of nitrogens with one attached hydrogen (secondary N) is 2. The normalized spacial score (nSPS) is 11.4. The predicted octanol–water partition coefficient (Wildman–Crippen LogP) is 2.70. The van der Waals surface area contributed by atoms with E-state index in [4.69, 9.17) is 4.42 Å². The van der Waals surface area contributed by atoms with Gasteiger partial charge in [-0.1, -0.05) is 36.4 Å². The van der Waals surface area contributed by atoms with Crippen LogP contribution in [0.4, 0.5) is 0 Å². The zero-order chi connectivity index (χ0) is 20.1. The average Bonchev–Trinajstić information content (AvgIpc) is 3.03. The summed E-state index contributed by atoms with van der Waals surface area (Å²) in [5.41, 5.74) is 1.85. The predicted molar refractivity (Wildman–Crippen MR) is 104 cm³/mol. The number of aryl methyl sites for hydroxylation is 2. The van der Waals surface area contributed by atoms with E-state index in [2.05, 4.69) is 15.0 Å². The summed E-state index contributed by atoms with van der Waals surface area (Å²) in [7, 11) is -3.74. The summed E-state index contributed by atoms with van der Waals surface area (Å²) in [5.74, 6) is 0.687. The standard InChI is InChI=1S/C20H21N3O4S/c1-14-15(2)27-19(23-14)13-21-20(24)17-9-6-10-18(11-17)28(25,26)22-12-16-7-4-3-5-8-16/h3-11,22H,12-13H2,1-2H3,(H,21,24). The number of carbonyl (C=O) groups excluding carboxylic acids is 1. The van der Waals surface area contributed by atoms with Gasteiger partial charge < -0.3 is 9.73 Å². The highest BCUT2D eigenvalue weighted by atomic mass is 32.2. The number of hydrogen-bond acceptors (Lipinski definition) is 5. The molecule has 0 bridgehead atoms. The van der Waals surface area contributed by atoms with E-state index in [1.807, 2.05) is 37.3 Å². The first-order chi connectivity index (χ1) is 13.3. The van der Waals surface area contributed by atoms with Crippen LogP contribution in [0.5, 0.6) is 0 Å². The van der Waals surface area contributed by atoms with Crippen LogP contribution in [0, 0.1) is 13.8 Å². The number of benzene rings is 2. The molecule has 1 aromatic heterocycles. The Morgan fingerprint density at radius 3 is 2.46 bits per heavy atom. The van der Waals surface area contributed by atoms with Gasteiger partial charge in [0.15, 0.2) is 0 Å². The number of aromatic nitrogens is 1. The lowest BCUT2D eigenvalue weighted by Crippen LogP contribution is -2.25. The van der Waals surface area contributed by atoms with E-state index in [-0.39, 0.29) is 23.5 Å². The van der Waals surface area contributed by atoms with Gasteiger partial charge in [0.1, 0.15) is 5.76 Å². The number of amides is 1. The van der Waals surface area contributed by atoms with E-state index in [1.54, 1.807) is 13.0 Å². The molecule has 1 amide bonds. The summed E-state index contributed by atoms with van der Waals surface area (Å²) in [6.45, 7) is 3.91. The molecule has 2 N–H and O–H groups in total. The number of carbonyl (C=O) groups is 1. The Bertz CT molecular complexity index is 1060. The Morgan fingerprint density at radius 2 is 1.79 bits per heavy atom. The van der Waals surface area contributed by atoms with E-state index in [0.717, 1.165) is 11.3 Å². The molecule has 0 saturated carbocycles. The quantitative estimate of drug-likeness (QED) is 0.636. The lowest BCUT2D eigenvalue weighted by atomic mass is 10.2. The van der Waals surface area contributed by atoms with E-state index >= 15 is 0 Å². The summed E-state index contributed by atoms with van der Waals surface area (Å²) in [6.07, 6.45) is 0. The van der Waals surface area contributed by atoms with Crippen LogP contribution in [0.25, 0.3) is 0 Å². The molecule has 0 aliphatic rings. The van der Waals surface area contributed by atoms with Gasteiger partial charge in [-0.25, -0.2) is 18.1 Å². The van der Waals surface area contributed by atoms with Crippen molar-refractivity contribution in [3.05, 3.63) is 83.1 Å².